The largest absolute Gasteiger partial charge is 0.497 e. The third kappa shape index (κ3) is 2.54. The molecule has 1 aliphatic heterocycles. The lowest BCUT2D eigenvalue weighted by Crippen LogP contribution is -2.28. The molecule has 1 aliphatic rings. The van der Waals surface area contributed by atoms with Crippen LogP contribution in [0.15, 0.2) is 18.2 Å². The van der Waals surface area contributed by atoms with Crippen LogP contribution >= 0.6 is 0 Å². The van der Waals surface area contributed by atoms with E-state index in [0.29, 0.717) is 37.4 Å². The van der Waals surface area contributed by atoms with Gasteiger partial charge in [0.25, 0.3) is 0 Å². The molecule has 0 spiro atoms. The van der Waals surface area contributed by atoms with Crippen LogP contribution in [0.5, 0.6) is 5.75 Å². The van der Waals surface area contributed by atoms with E-state index in [1.165, 1.54) is 0 Å². The van der Waals surface area contributed by atoms with Crippen LogP contribution in [-0.4, -0.2) is 32.7 Å². The van der Waals surface area contributed by atoms with Gasteiger partial charge in [0.2, 0.25) is 5.91 Å². The first kappa shape index (κ1) is 12.2. The summed E-state index contributed by atoms with van der Waals surface area (Å²) >= 11 is 0. The number of hydrogen-bond acceptors (Lipinski definition) is 4. The van der Waals surface area contributed by atoms with Crippen LogP contribution in [0.1, 0.15) is 12.0 Å². The predicted octanol–water partition coefficient (Wildman–Crippen LogP) is 0.893. The van der Waals surface area contributed by atoms with Gasteiger partial charge in [-0.3, -0.25) is 4.79 Å². The minimum Gasteiger partial charge on any atom is -0.497 e. The number of rotatable bonds is 2. The maximum absolute atomic E-state index is 11.3. The first-order valence-electron chi connectivity index (χ1n) is 5.84. The zero-order valence-corrected chi connectivity index (χ0v) is 10.3. The molecule has 1 N–H and O–H groups in total. The molecular weight excluding hydrogens is 230 g/mol. The van der Waals surface area contributed by atoms with Gasteiger partial charge in [0.15, 0.2) is 0 Å². The van der Waals surface area contributed by atoms with Gasteiger partial charge in [-0.2, -0.15) is 5.26 Å². The Balaban J connectivity index is 2.30. The molecule has 1 aromatic rings. The van der Waals surface area contributed by atoms with E-state index in [9.17, 15) is 4.79 Å². The number of methoxy groups -OCH3 is 1. The van der Waals surface area contributed by atoms with Crippen molar-refractivity contribution in [3.63, 3.8) is 0 Å². The number of nitrogens with one attached hydrogen (secondary N) is 1. The lowest BCUT2D eigenvalue weighted by Gasteiger charge is -2.23. The Kier molecular flexibility index (Phi) is 3.68. The average molecular weight is 245 g/mol. The topological polar surface area (TPSA) is 65.4 Å². The molecule has 18 heavy (non-hydrogen) atoms. The van der Waals surface area contributed by atoms with Gasteiger partial charge in [0, 0.05) is 32.1 Å². The first-order valence-corrected chi connectivity index (χ1v) is 5.84. The van der Waals surface area contributed by atoms with Crippen molar-refractivity contribution >= 4 is 11.6 Å². The van der Waals surface area contributed by atoms with Crippen molar-refractivity contribution in [2.24, 2.45) is 0 Å². The maximum Gasteiger partial charge on any atom is 0.221 e. The number of carbonyl (C=O) groups excluding carboxylic acids is 1. The molecule has 1 heterocycles. The van der Waals surface area contributed by atoms with Crippen molar-refractivity contribution in [2.75, 3.05) is 31.6 Å². The summed E-state index contributed by atoms with van der Waals surface area (Å²) in [5.74, 6) is 0.770. The van der Waals surface area contributed by atoms with E-state index >= 15 is 0 Å². The number of nitrogens with zero attached hydrogens (tertiary/aromatic N) is 2. The number of nitriles is 1. The van der Waals surface area contributed by atoms with Crippen molar-refractivity contribution in [1.82, 2.24) is 5.32 Å². The SMILES string of the molecule is COc1ccc(C#N)c(N2CCNC(=O)CC2)c1. The number of amides is 1. The van der Waals surface area contributed by atoms with Gasteiger partial charge in [-0.1, -0.05) is 0 Å². The molecule has 0 radical (unpaired) electrons. The average Bonchev–Trinajstić information content (AvgIpc) is 2.62. The predicted molar refractivity (Wildman–Crippen MR) is 67.5 cm³/mol. The Hall–Kier alpha value is -2.22. The minimum atomic E-state index is 0.0545. The van der Waals surface area contributed by atoms with Gasteiger partial charge in [0.1, 0.15) is 11.8 Å². The standard InChI is InChI=1S/C13H15N3O2/c1-18-11-3-2-10(9-14)12(8-11)16-6-4-13(17)15-5-7-16/h2-3,8H,4-7H2,1H3,(H,15,17). The van der Waals surface area contributed by atoms with E-state index in [1.807, 2.05) is 11.0 Å². The Morgan fingerprint density at radius 3 is 3.00 bits per heavy atom. The second kappa shape index (κ2) is 5.41. The van der Waals surface area contributed by atoms with Crippen LogP contribution < -0.4 is 15.0 Å². The highest BCUT2D eigenvalue weighted by Crippen LogP contribution is 2.26. The summed E-state index contributed by atoms with van der Waals surface area (Å²) in [6.07, 6.45) is 0.447. The van der Waals surface area contributed by atoms with Crippen LogP contribution in [0.2, 0.25) is 0 Å². The van der Waals surface area contributed by atoms with Crippen molar-refractivity contribution in [1.29, 1.82) is 5.26 Å². The quantitative estimate of drug-likeness (QED) is 0.840. The van der Waals surface area contributed by atoms with Gasteiger partial charge in [-0.05, 0) is 12.1 Å². The second-order valence-electron chi connectivity index (χ2n) is 4.08. The number of carbonyl (C=O) groups is 1. The molecule has 1 fully saturated rings. The summed E-state index contributed by atoms with van der Waals surface area (Å²) in [6, 6.07) is 7.53. The normalized spacial score (nSPS) is 15.6. The zero-order valence-electron chi connectivity index (χ0n) is 10.3. The van der Waals surface area contributed by atoms with E-state index in [4.69, 9.17) is 10.00 Å². The highest BCUT2D eigenvalue weighted by molar-refractivity contribution is 5.77. The van der Waals surface area contributed by atoms with Crippen molar-refractivity contribution < 1.29 is 9.53 Å². The molecule has 0 atom stereocenters. The number of ether oxygens (including phenoxy) is 1. The maximum atomic E-state index is 11.3. The molecular formula is C13H15N3O2. The molecule has 1 amide bonds. The number of benzene rings is 1. The van der Waals surface area contributed by atoms with Crippen molar-refractivity contribution in [2.45, 2.75) is 6.42 Å². The van der Waals surface area contributed by atoms with E-state index in [1.54, 1.807) is 19.2 Å². The Morgan fingerprint density at radius 1 is 1.44 bits per heavy atom. The van der Waals surface area contributed by atoms with Crippen LogP contribution in [0.3, 0.4) is 0 Å². The second-order valence-corrected chi connectivity index (χ2v) is 4.08. The zero-order chi connectivity index (χ0) is 13.0. The molecule has 0 unspecified atom stereocenters. The molecule has 5 nitrogen and oxygen atoms in total. The van der Waals surface area contributed by atoms with E-state index in [-0.39, 0.29) is 5.91 Å². The summed E-state index contributed by atoms with van der Waals surface area (Å²) in [6.45, 7) is 1.92. The minimum absolute atomic E-state index is 0.0545. The lowest BCUT2D eigenvalue weighted by molar-refractivity contribution is -0.120. The third-order valence-electron chi connectivity index (χ3n) is 2.98. The molecule has 5 heteroatoms. The summed E-state index contributed by atoms with van der Waals surface area (Å²) < 4.78 is 5.18. The molecule has 0 aliphatic carbocycles. The fraction of sp³-hybridized carbons (Fsp3) is 0.385. The van der Waals surface area contributed by atoms with Gasteiger partial charge < -0.3 is 15.0 Å². The Bertz CT molecular complexity index is 493. The van der Waals surface area contributed by atoms with Gasteiger partial charge in [-0.25, -0.2) is 0 Å². The molecule has 2 rings (SSSR count). The summed E-state index contributed by atoms with van der Waals surface area (Å²) in [5, 5.41) is 12.0. The van der Waals surface area contributed by atoms with Crippen molar-refractivity contribution in [3.8, 4) is 11.8 Å². The van der Waals surface area contributed by atoms with E-state index < -0.39 is 0 Å². The lowest BCUT2D eigenvalue weighted by atomic mass is 10.1. The molecule has 0 bridgehead atoms. The molecule has 94 valence electrons. The number of anilines is 1. The summed E-state index contributed by atoms with van der Waals surface area (Å²) in [7, 11) is 1.60. The number of hydrogen-bond donors (Lipinski definition) is 1. The van der Waals surface area contributed by atoms with Crippen molar-refractivity contribution in [3.05, 3.63) is 23.8 Å². The smallest absolute Gasteiger partial charge is 0.221 e. The molecule has 0 saturated carbocycles. The first-order chi connectivity index (χ1) is 8.74. The highest BCUT2D eigenvalue weighted by Gasteiger charge is 2.17. The third-order valence-corrected chi connectivity index (χ3v) is 2.98. The van der Waals surface area contributed by atoms with E-state index in [2.05, 4.69) is 11.4 Å². The molecule has 1 saturated heterocycles. The summed E-state index contributed by atoms with van der Waals surface area (Å²) in [5.41, 5.74) is 1.43. The van der Waals surface area contributed by atoms with Crippen LogP contribution in [0.25, 0.3) is 0 Å². The fourth-order valence-corrected chi connectivity index (χ4v) is 2.00. The van der Waals surface area contributed by atoms with Crippen LogP contribution in [0, 0.1) is 11.3 Å². The van der Waals surface area contributed by atoms with Crippen LogP contribution in [-0.2, 0) is 4.79 Å². The van der Waals surface area contributed by atoms with Gasteiger partial charge in [-0.15, -0.1) is 0 Å². The Morgan fingerprint density at radius 2 is 2.28 bits per heavy atom. The van der Waals surface area contributed by atoms with E-state index in [0.717, 1.165) is 5.69 Å². The monoisotopic (exact) mass is 245 g/mol. The van der Waals surface area contributed by atoms with Crippen LogP contribution in [0.4, 0.5) is 5.69 Å². The summed E-state index contributed by atoms with van der Waals surface area (Å²) in [4.78, 5) is 13.4. The van der Waals surface area contributed by atoms with Gasteiger partial charge >= 0.3 is 0 Å². The fourth-order valence-electron chi connectivity index (χ4n) is 2.00. The molecule has 1 aromatic carbocycles. The van der Waals surface area contributed by atoms with Gasteiger partial charge in [0.05, 0.1) is 18.4 Å². The molecule has 0 aromatic heterocycles. The highest BCUT2D eigenvalue weighted by atomic mass is 16.5. The Labute approximate surface area is 106 Å².